The van der Waals surface area contributed by atoms with E-state index in [2.05, 4.69) is 0 Å². The first kappa shape index (κ1) is 56.7. The van der Waals surface area contributed by atoms with E-state index >= 15 is 0 Å². The van der Waals surface area contributed by atoms with E-state index in [1.165, 1.54) is 0 Å². The molecule has 0 bridgehead atoms. The molecule has 0 aliphatic carbocycles. The van der Waals surface area contributed by atoms with Gasteiger partial charge in [-0.15, -0.1) is 0 Å². The number of hydrogen-bond donors (Lipinski definition) is 2. The van der Waals surface area contributed by atoms with Crippen molar-refractivity contribution in [3.8, 4) is 0 Å². The van der Waals surface area contributed by atoms with Crippen LogP contribution in [0.1, 0.15) is 0 Å². The predicted octanol–water partition coefficient (Wildman–Crippen LogP) is -4.35. The molecule has 0 aliphatic heterocycles. The zero-order valence-electron chi connectivity index (χ0n) is 3.30. The Labute approximate surface area is 78.1 Å². The minimum Gasteiger partial charge on any atom is -0.450 e. The van der Waals surface area contributed by atoms with Crippen molar-refractivity contribution in [2.45, 2.75) is 0 Å². The zero-order chi connectivity index (χ0) is 3.58. The van der Waals surface area contributed by atoms with Gasteiger partial charge < -0.3 is 26.6 Å². The molecule has 0 radical (unpaired) electrons. The third kappa shape index (κ3) is 1750. The highest BCUT2D eigenvalue weighted by Crippen LogP contribution is 1.42. The Morgan fingerprint density at radius 1 is 1.00 bits per heavy atom. The van der Waals surface area contributed by atoms with Crippen LogP contribution in [0.2, 0.25) is 0 Å². The van der Waals surface area contributed by atoms with E-state index in [1.54, 1.807) is 0 Å². The number of carboxylic acid groups (broad SMARTS) is 2. The molecule has 0 heterocycles. The standard InChI is InChI=1S/CH2O3.Al.Mg.3H2O.5H/c2-1(3)4;;;;;;;;;;/h(H2,2,3,4);;;3*1H2;;;;;. The molecule has 8 N–H and O–H groups in total. The van der Waals surface area contributed by atoms with Gasteiger partial charge in [0.25, 0.3) is 0 Å². The third-order valence-corrected chi connectivity index (χ3v) is 0. The summed E-state index contributed by atoms with van der Waals surface area (Å²) < 4.78 is 0. The fraction of sp³-hybridized carbons (Fsp3) is 0. The van der Waals surface area contributed by atoms with Crippen LogP contribution in [-0.4, -0.2) is 73.2 Å². The first-order valence-electron chi connectivity index (χ1n) is 0.651. The van der Waals surface area contributed by atoms with Crippen molar-refractivity contribution in [3.63, 3.8) is 0 Å². The normalized spacial score (nSPS) is 2.67. The van der Waals surface area contributed by atoms with Crippen LogP contribution in [0.5, 0.6) is 0 Å². The molecule has 0 aromatic carbocycles. The van der Waals surface area contributed by atoms with Crippen LogP contribution in [0.25, 0.3) is 0 Å². The predicted molar refractivity (Wildman–Crippen MR) is 40.0 cm³/mol. The summed E-state index contributed by atoms with van der Waals surface area (Å²) in [5.41, 5.74) is 0. The Morgan fingerprint density at radius 3 is 1.00 bits per heavy atom. The Kier molecular flexibility index (Phi) is 248. The molecule has 0 aromatic heterocycles. The minimum absolute atomic E-state index is 0. The number of rotatable bonds is 0. The zero-order valence-corrected chi connectivity index (χ0v) is 3.30. The summed E-state index contributed by atoms with van der Waals surface area (Å²) in [5.74, 6) is 0. The fourth-order valence-corrected chi connectivity index (χ4v) is 0. The summed E-state index contributed by atoms with van der Waals surface area (Å²) in [6.07, 6.45) is -1.83. The van der Waals surface area contributed by atoms with Crippen molar-refractivity contribution in [3.05, 3.63) is 0 Å². The Hall–Kier alpha value is 0.449. The van der Waals surface area contributed by atoms with Crippen molar-refractivity contribution in [2.24, 2.45) is 0 Å². The van der Waals surface area contributed by atoms with E-state index in [0.717, 1.165) is 0 Å². The molecular formula is CH13AlMgO6. The molecule has 0 rings (SSSR count). The largest absolute Gasteiger partial charge is 0.503 e. The molecule has 0 amide bonds. The molecule has 6 nitrogen and oxygen atoms in total. The van der Waals surface area contributed by atoms with Gasteiger partial charge >= 0.3 is 29.2 Å². The first-order valence-corrected chi connectivity index (χ1v) is 0.651. The summed E-state index contributed by atoms with van der Waals surface area (Å²) in [5, 5.41) is 13.9. The average molecular weight is 172 g/mol. The lowest BCUT2D eigenvalue weighted by molar-refractivity contribution is 0.137. The molecule has 0 saturated heterocycles. The van der Waals surface area contributed by atoms with Gasteiger partial charge in [-0.05, 0) is 0 Å². The quantitative estimate of drug-likeness (QED) is 0.355. The maximum atomic E-state index is 8.56. The molecule has 0 aromatic rings. The maximum absolute atomic E-state index is 8.56. The molecule has 8 heteroatoms. The van der Waals surface area contributed by atoms with Gasteiger partial charge in [0.15, 0.2) is 17.4 Å². The number of hydrogen-bond acceptors (Lipinski definition) is 1. The van der Waals surface area contributed by atoms with E-state index in [-0.39, 0.29) is 56.8 Å². The highest BCUT2D eigenvalue weighted by atomic mass is 27.0. The highest BCUT2D eigenvalue weighted by Gasteiger charge is 1.70. The maximum Gasteiger partial charge on any atom is 0.503 e. The van der Waals surface area contributed by atoms with Crippen LogP contribution in [0.15, 0.2) is 0 Å². The highest BCUT2D eigenvalue weighted by molar-refractivity contribution is 5.76. The smallest absolute Gasteiger partial charge is 0.450 e. The van der Waals surface area contributed by atoms with Gasteiger partial charge in [0.1, 0.15) is 0 Å². The average Bonchev–Trinajstić information content (AvgIpc) is 0.811. The van der Waals surface area contributed by atoms with Gasteiger partial charge in [0, 0.05) is 0 Å². The SMILES string of the molecule is O.O.O.O=C(O)O.[AlH3].[MgH2]. The molecular weight excluding hydrogens is 159 g/mol. The summed E-state index contributed by atoms with van der Waals surface area (Å²) >= 11 is 0. The minimum atomic E-state index is -1.83. The van der Waals surface area contributed by atoms with Crippen molar-refractivity contribution < 1.29 is 31.4 Å². The Balaban J connectivity index is -0.00000000450. The molecule has 0 unspecified atom stereocenters. The van der Waals surface area contributed by atoms with Crippen molar-refractivity contribution >= 4 is 46.6 Å². The number of carbonyl (C=O) groups is 1. The van der Waals surface area contributed by atoms with E-state index in [9.17, 15) is 0 Å². The molecule has 0 aliphatic rings. The molecule has 0 spiro atoms. The monoisotopic (exact) mass is 172 g/mol. The van der Waals surface area contributed by atoms with Crippen LogP contribution >= 0.6 is 0 Å². The summed E-state index contributed by atoms with van der Waals surface area (Å²) in [6, 6.07) is 0. The first-order chi connectivity index (χ1) is 1.73. The second-order valence-corrected chi connectivity index (χ2v) is 0.283. The molecule has 9 heavy (non-hydrogen) atoms. The Bertz CT molecular complexity index is 36.0. The lowest BCUT2D eigenvalue weighted by Crippen LogP contribution is -1.81. The van der Waals surface area contributed by atoms with Crippen LogP contribution in [0, 0.1) is 0 Å². The van der Waals surface area contributed by atoms with Crippen LogP contribution in [0.4, 0.5) is 4.79 Å². The Morgan fingerprint density at radius 2 is 1.00 bits per heavy atom. The second-order valence-electron chi connectivity index (χ2n) is 0.283. The summed E-state index contributed by atoms with van der Waals surface area (Å²) in [7, 11) is 0. The van der Waals surface area contributed by atoms with E-state index < -0.39 is 6.16 Å². The van der Waals surface area contributed by atoms with E-state index in [0.29, 0.717) is 0 Å². The topological polar surface area (TPSA) is 152 Å². The molecule has 0 saturated carbocycles. The van der Waals surface area contributed by atoms with Gasteiger partial charge in [-0.3, -0.25) is 0 Å². The van der Waals surface area contributed by atoms with E-state index in [4.69, 9.17) is 15.0 Å². The molecule has 0 fully saturated rings. The summed E-state index contributed by atoms with van der Waals surface area (Å²) in [6.45, 7) is 0. The second kappa shape index (κ2) is 39.4. The van der Waals surface area contributed by atoms with Gasteiger partial charge in [-0.1, -0.05) is 0 Å². The van der Waals surface area contributed by atoms with Gasteiger partial charge in [-0.2, -0.15) is 0 Å². The van der Waals surface area contributed by atoms with Crippen molar-refractivity contribution in [1.29, 1.82) is 0 Å². The van der Waals surface area contributed by atoms with Gasteiger partial charge in [0.05, 0.1) is 0 Å². The van der Waals surface area contributed by atoms with Crippen molar-refractivity contribution in [2.75, 3.05) is 0 Å². The van der Waals surface area contributed by atoms with Crippen LogP contribution in [-0.2, 0) is 0 Å². The summed E-state index contributed by atoms with van der Waals surface area (Å²) in [4.78, 5) is 8.56. The molecule has 58 valence electrons. The van der Waals surface area contributed by atoms with Crippen molar-refractivity contribution in [1.82, 2.24) is 0 Å². The fourth-order valence-electron chi connectivity index (χ4n) is 0. The van der Waals surface area contributed by atoms with Crippen LogP contribution < -0.4 is 0 Å². The third-order valence-electron chi connectivity index (χ3n) is 0. The van der Waals surface area contributed by atoms with Crippen LogP contribution in [0.3, 0.4) is 0 Å². The van der Waals surface area contributed by atoms with E-state index in [1.807, 2.05) is 0 Å². The molecule has 0 atom stereocenters. The lowest BCUT2D eigenvalue weighted by Gasteiger charge is -1.60. The lowest BCUT2D eigenvalue weighted by atomic mass is 11.5. The van der Waals surface area contributed by atoms with Gasteiger partial charge in [-0.25, -0.2) is 4.79 Å². The van der Waals surface area contributed by atoms with Gasteiger partial charge in [0.2, 0.25) is 0 Å².